The smallest absolute Gasteiger partial charge is 0.230 e. The van der Waals surface area contributed by atoms with Crippen molar-refractivity contribution in [2.24, 2.45) is 11.8 Å². The monoisotopic (exact) mass is 297 g/mol. The predicted octanol–water partition coefficient (Wildman–Crippen LogP) is 3.22. The van der Waals surface area contributed by atoms with E-state index >= 15 is 0 Å². The van der Waals surface area contributed by atoms with Gasteiger partial charge in [0.1, 0.15) is 0 Å². The quantitative estimate of drug-likeness (QED) is 0.904. The molecule has 1 aliphatic rings. The molecule has 0 aliphatic heterocycles. The SMILES string of the molecule is CCC1CCC(CNc2nc(Cl)nc(N(C)C)n2)CC1. The molecule has 0 saturated heterocycles. The molecule has 0 amide bonds. The highest BCUT2D eigenvalue weighted by Gasteiger charge is 2.20. The Kier molecular flexibility index (Phi) is 5.40. The van der Waals surface area contributed by atoms with E-state index in [0.717, 1.165) is 18.4 Å². The highest BCUT2D eigenvalue weighted by molar-refractivity contribution is 6.28. The molecule has 1 fully saturated rings. The van der Waals surface area contributed by atoms with E-state index < -0.39 is 0 Å². The Bertz CT molecular complexity index is 430. The van der Waals surface area contributed by atoms with E-state index in [1.807, 2.05) is 19.0 Å². The Morgan fingerprint density at radius 2 is 1.75 bits per heavy atom. The summed E-state index contributed by atoms with van der Waals surface area (Å²) in [6, 6.07) is 0. The Balaban J connectivity index is 1.88. The van der Waals surface area contributed by atoms with Crippen LogP contribution in [0, 0.1) is 11.8 Å². The average Bonchev–Trinajstić information content (AvgIpc) is 2.45. The molecule has 0 unspecified atom stereocenters. The van der Waals surface area contributed by atoms with Gasteiger partial charge in [-0.3, -0.25) is 0 Å². The molecule has 5 nitrogen and oxygen atoms in total. The van der Waals surface area contributed by atoms with E-state index in [2.05, 4.69) is 27.2 Å². The molecule has 0 bridgehead atoms. The summed E-state index contributed by atoms with van der Waals surface area (Å²) in [6.45, 7) is 3.21. The molecule has 112 valence electrons. The summed E-state index contributed by atoms with van der Waals surface area (Å²) >= 11 is 5.92. The lowest BCUT2D eigenvalue weighted by Gasteiger charge is -2.27. The molecule has 0 radical (unpaired) electrons. The molecular formula is C14H24ClN5. The summed E-state index contributed by atoms with van der Waals surface area (Å²) in [5.74, 6) is 2.81. The first kappa shape index (κ1) is 15.3. The van der Waals surface area contributed by atoms with Gasteiger partial charge in [0.15, 0.2) is 0 Å². The lowest BCUT2D eigenvalue weighted by Crippen LogP contribution is -2.22. The first-order valence-electron chi connectivity index (χ1n) is 7.41. The van der Waals surface area contributed by atoms with Crippen LogP contribution in [0.4, 0.5) is 11.9 Å². The number of rotatable bonds is 5. The minimum atomic E-state index is 0.237. The van der Waals surface area contributed by atoms with E-state index in [4.69, 9.17) is 11.6 Å². The van der Waals surface area contributed by atoms with Crippen molar-refractivity contribution in [2.75, 3.05) is 30.9 Å². The first-order valence-corrected chi connectivity index (χ1v) is 7.79. The topological polar surface area (TPSA) is 53.9 Å². The summed E-state index contributed by atoms with van der Waals surface area (Å²) in [5.41, 5.74) is 0. The largest absolute Gasteiger partial charge is 0.354 e. The van der Waals surface area contributed by atoms with Crippen LogP contribution >= 0.6 is 11.6 Å². The molecule has 1 aromatic heterocycles. The lowest BCUT2D eigenvalue weighted by atomic mass is 9.81. The Morgan fingerprint density at radius 1 is 1.10 bits per heavy atom. The summed E-state index contributed by atoms with van der Waals surface area (Å²) in [6.07, 6.45) is 6.61. The van der Waals surface area contributed by atoms with Gasteiger partial charge < -0.3 is 10.2 Å². The Hall–Kier alpha value is -1.10. The van der Waals surface area contributed by atoms with E-state index in [0.29, 0.717) is 11.9 Å². The van der Waals surface area contributed by atoms with Gasteiger partial charge in [-0.2, -0.15) is 15.0 Å². The molecule has 1 heterocycles. The Morgan fingerprint density at radius 3 is 2.35 bits per heavy atom. The van der Waals surface area contributed by atoms with Gasteiger partial charge in [-0.25, -0.2) is 0 Å². The molecule has 20 heavy (non-hydrogen) atoms. The zero-order chi connectivity index (χ0) is 14.5. The van der Waals surface area contributed by atoms with Gasteiger partial charge >= 0.3 is 0 Å². The minimum Gasteiger partial charge on any atom is -0.354 e. The third-order valence-electron chi connectivity index (χ3n) is 4.09. The second-order valence-electron chi connectivity index (χ2n) is 5.80. The number of nitrogens with one attached hydrogen (secondary N) is 1. The number of halogens is 1. The van der Waals surface area contributed by atoms with Gasteiger partial charge in [0, 0.05) is 20.6 Å². The molecule has 6 heteroatoms. The van der Waals surface area contributed by atoms with Gasteiger partial charge in [0.2, 0.25) is 17.2 Å². The molecule has 0 aromatic carbocycles. The lowest BCUT2D eigenvalue weighted by molar-refractivity contribution is 0.278. The minimum absolute atomic E-state index is 0.237. The van der Waals surface area contributed by atoms with E-state index in [9.17, 15) is 0 Å². The van der Waals surface area contributed by atoms with Crippen molar-refractivity contribution in [2.45, 2.75) is 39.0 Å². The van der Waals surface area contributed by atoms with Crippen molar-refractivity contribution in [3.05, 3.63) is 5.28 Å². The molecule has 0 spiro atoms. The molecular weight excluding hydrogens is 274 g/mol. The highest BCUT2D eigenvalue weighted by atomic mass is 35.5. The first-order chi connectivity index (χ1) is 9.58. The zero-order valence-corrected chi connectivity index (χ0v) is 13.3. The number of anilines is 2. The number of hydrogen-bond acceptors (Lipinski definition) is 5. The molecule has 1 aliphatic carbocycles. The number of aromatic nitrogens is 3. The maximum absolute atomic E-state index is 5.92. The summed E-state index contributed by atoms with van der Waals surface area (Å²) in [4.78, 5) is 14.4. The van der Waals surface area contributed by atoms with Crippen LogP contribution in [0.1, 0.15) is 39.0 Å². The van der Waals surface area contributed by atoms with Crippen LogP contribution in [0.25, 0.3) is 0 Å². The van der Waals surface area contributed by atoms with Crippen molar-refractivity contribution < 1.29 is 0 Å². The van der Waals surface area contributed by atoms with Crippen LogP contribution in [0.5, 0.6) is 0 Å². The number of hydrogen-bond donors (Lipinski definition) is 1. The van der Waals surface area contributed by atoms with Crippen molar-refractivity contribution in [3.63, 3.8) is 0 Å². The maximum atomic E-state index is 5.92. The standard InChI is InChI=1S/C14H24ClN5/c1-4-10-5-7-11(8-6-10)9-16-13-17-12(15)18-14(19-13)20(2)3/h10-11H,4-9H2,1-3H3,(H,16,17,18,19). The third-order valence-corrected chi connectivity index (χ3v) is 4.26. The molecule has 1 N–H and O–H groups in total. The second kappa shape index (κ2) is 7.07. The summed E-state index contributed by atoms with van der Waals surface area (Å²) in [5, 5.41) is 3.55. The fraction of sp³-hybridized carbons (Fsp3) is 0.786. The normalized spacial score (nSPS) is 22.6. The Labute approximate surface area is 126 Å². The summed E-state index contributed by atoms with van der Waals surface area (Å²) in [7, 11) is 3.78. The average molecular weight is 298 g/mol. The molecule has 0 atom stereocenters. The molecule has 2 rings (SSSR count). The van der Waals surface area contributed by atoms with Gasteiger partial charge in [0.25, 0.3) is 0 Å². The summed E-state index contributed by atoms with van der Waals surface area (Å²) < 4.78 is 0. The maximum Gasteiger partial charge on any atom is 0.230 e. The fourth-order valence-electron chi connectivity index (χ4n) is 2.70. The van der Waals surface area contributed by atoms with Crippen LogP contribution in [0.3, 0.4) is 0 Å². The van der Waals surface area contributed by atoms with Gasteiger partial charge in [-0.05, 0) is 36.3 Å². The van der Waals surface area contributed by atoms with Gasteiger partial charge in [-0.1, -0.05) is 26.2 Å². The predicted molar refractivity (Wildman–Crippen MR) is 83.4 cm³/mol. The van der Waals surface area contributed by atoms with E-state index in [-0.39, 0.29) is 5.28 Å². The second-order valence-corrected chi connectivity index (χ2v) is 6.14. The van der Waals surface area contributed by atoms with Crippen molar-refractivity contribution in [3.8, 4) is 0 Å². The van der Waals surface area contributed by atoms with Gasteiger partial charge in [0.05, 0.1) is 0 Å². The third kappa shape index (κ3) is 4.20. The van der Waals surface area contributed by atoms with E-state index in [1.165, 1.54) is 32.1 Å². The zero-order valence-electron chi connectivity index (χ0n) is 12.6. The van der Waals surface area contributed by atoms with Crippen LogP contribution in [0.2, 0.25) is 5.28 Å². The van der Waals surface area contributed by atoms with Crippen LogP contribution < -0.4 is 10.2 Å². The highest BCUT2D eigenvalue weighted by Crippen LogP contribution is 2.30. The van der Waals surface area contributed by atoms with Crippen molar-refractivity contribution in [1.82, 2.24) is 15.0 Å². The van der Waals surface area contributed by atoms with Crippen molar-refractivity contribution >= 4 is 23.5 Å². The van der Waals surface area contributed by atoms with Crippen LogP contribution in [0.15, 0.2) is 0 Å². The van der Waals surface area contributed by atoms with Crippen LogP contribution in [-0.4, -0.2) is 35.6 Å². The van der Waals surface area contributed by atoms with E-state index in [1.54, 1.807) is 0 Å². The molecule has 1 saturated carbocycles. The number of nitrogens with zero attached hydrogens (tertiary/aromatic N) is 4. The van der Waals surface area contributed by atoms with Gasteiger partial charge in [-0.15, -0.1) is 0 Å². The fourth-order valence-corrected chi connectivity index (χ4v) is 2.85. The van der Waals surface area contributed by atoms with Crippen LogP contribution in [-0.2, 0) is 0 Å². The van der Waals surface area contributed by atoms with Crippen molar-refractivity contribution in [1.29, 1.82) is 0 Å². The molecule has 1 aromatic rings.